The minimum atomic E-state index is 0.442. The fourth-order valence-corrected chi connectivity index (χ4v) is 1.59. The minimum Gasteiger partial charge on any atom is -0.496 e. The molecule has 0 aliphatic rings. The monoisotopic (exact) mass is 241 g/mol. The Morgan fingerprint density at radius 1 is 1.28 bits per heavy atom. The molecular weight excluding hydrogens is 226 g/mol. The number of methoxy groups -OCH3 is 1. The number of nitrogens with zero attached hydrogens (tertiary/aromatic N) is 1. The molecule has 2 rings (SSSR count). The molecule has 0 saturated carbocycles. The van der Waals surface area contributed by atoms with Crippen LogP contribution in [0.3, 0.4) is 0 Å². The predicted octanol–water partition coefficient (Wildman–Crippen LogP) is 3.31. The third-order valence-electron chi connectivity index (χ3n) is 2.54. The van der Waals surface area contributed by atoms with Gasteiger partial charge in [-0.1, -0.05) is 18.7 Å². The SMILES string of the molecule is C=Cc1ccc(OCc2ccccn2)cc1OC. The van der Waals surface area contributed by atoms with E-state index < -0.39 is 0 Å². The zero-order chi connectivity index (χ0) is 12.8. The van der Waals surface area contributed by atoms with Gasteiger partial charge >= 0.3 is 0 Å². The summed E-state index contributed by atoms with van der Waals surface area (Å²) in [6.45, 7) is 4.17. The second kappa shape index (κ2) is 5.87. The molecule has 0 fully saturated rings. The molecule has 0 amide bonds. The van der Waals surface area contributed by atoms with Gasteiger partial charge in [0.15, 0.2) is 0 Å². The van der Waals surface area contributed by atoms with Gasteiger partial charge in [0.05, 0.1) is 12.8 Å². The van der Waals surface area contributed by atoms with Gasteiger partial charge in [-0.25, -0.2) is 0 Å². The lowest BCUT2D eigenvalue weighted by atomic mass is 10.2. The first kappa shape index (κ1) is 12.2. The normalized spacial score (nSPS) is 9.83. The number of benzene rings is 1. The number of hydrogen-bond acceptors (Lipinski definition) is 3. The van der Waals surface area contributed by atoms with Crippen molar-refractivity contribution in [2.75, 3.05) is 7.11 Å². The van der Waals surface area contributed by atoms with Gasteiger partial charge in [-0.05, 0) is 24.3 Å². The van der Waals surface area contributed by atoms with Crippen LogP contribution in [0.25, 0.3) is 6.08 Å². The van der Waals surface area contributed by atoms with Crippen molar-refractivity contribution in [1.82, 2.24) is 4.98 Å². The molecule has 92 valence electrons. The van der Waals surface area contributed by atoms with E-state index >= 15 is 0 Å². The van der Waals surface area contributed by atoms with E-state index in [4.69, 9.17) is 9.47 Å². The third-order valence-corrected chi connectivity index (χ3v) is 2.54. The van der Waals surface area contributed by atoms with Gasteiger partial charge < -0.3 is 9.47 Å². The van der Waals surface area contributed by atoms with Gasteiger partial charge in [-0.15, -0.1) is 0 Å². The summed E-state index contributed by atoms with van der Waals surface area (Å²) in [7, 11) is 1.63. The van der Waals surface area contributed by atoms with Crippen LogP contribution >= 0.6 is 0 Å². The van der Waals surface area contributed by atoms with E-state index in [1.165, 1.54) is 0 Å². The molecule has 1 aromatic heterocycles. The fraction of sp³-hybridized carbons (Fsp3) is 0.133. The maximum absolute atomic E-state index is 5.66. The van der Waals surface area contributed by atoms with Crippen LogP contribution in [0.1, 0.15) is 11.3 Å². The van der Waals surface area contributed by atoms with Gasteiger partial charge in [-0.3, -0.25) is 4.98 Å². The van der Waals surface area contributed by atoms with E-state index in [1.807, 2.05) is 36.4 Å². The quantitative estimate of drug-likeness (QED) is 0.804. The van der Waals surface area contributed by atoms with Gasteiger partial charge in [-0.2, -0.15) is 0 Å². The molecule has 0 atom stereocenters. The van der Waals surface area contributed by atoms with E-state index in [2.05, 4.69) is 11.6 Å². The second-order valence-corrected chi connectivity index (χ2v) is 3.72. The zero-order valence-corrected chi connectivity index (χ0v) is 10.3. The number of pyridine rings is 1. The van der Waals surface area contributed by atoms with Crippen molar-refractivity contribution in [3.8, 4) is 11.5 Å². The first-order chi connectivity index (χ1) is 8.83. The Kier molecular flexibility index (Phi) is 3.97. The number of hydrogen-bond donors (Lipinski definition) is 0. The zero-order valence-electron chi connectivity index (χ0n) is 10.3. The van der Waals surface area contributed by atoms with Crippen LogP contribution in [0, 0.1) is 0 Å². The first-order valence-electron chi connectivity index (χ1n) is 5.66. The summed E-state index contributed by atoms with van der Waals surface area (Å²) in [6, 6.07) is 11.4. The summed E-state index contributed by atoms with van der Waals surface area (Å²) < 4.78 is 10.9. The summed E-state index contributed by atoms with van der Waals surface area (Å²) in [5.74, 6) is 1.51. The summed E-state index contributed by atoms with van der Waals surface area (Å²) in [5.41, 5.74) is 1.84. The fourth-order valence-electron chi connectivity index (χ4n) is 1.59. The molecular formula is C15H15NO2. The van der Waals surface area contributed by atoms with Crippen LogP contribution in [-0.4, -0.2) is 12.1 Å². The second-order valence-electron chi connectivity index (χ2n) is 3.72. The van der Waals surface area contributed by atoms with Gasteiger partial charge in [0, 0.05) is 17.8 Å². The van der Waals surface area contributed by atoms with Crippen molar-refractivity contribution in [2.45, 2.75) is 6.61 Å². The molecule has 3 heteroatoms. The number of ether oxygens (including phenoxy) is 2. The molecule has 2 aromatic rings. The number of rotatable bonds is 5. The van der Waals surface area contributed by atoms with E-state index in [-0.39, 0.29) is 0 Å². The highest BCUT2D eigenvalue weighted by Gasteiger charge is 2.02. The van der Waals surface area contributed by atoms with Gasteiger partial charge in [0.1, 0.15) is 18.1 Å². The van der Waals surface area contributed by atoms with Crippen molar-refractivity contribution >= 4 is 6.08 Å². The smallest absolute Gasteiger partial charge is 0.130 e. The molecule has 18 heavy (non-hydrogen) atoms. The molecule has 0 N–H and O–H groups in total. The molecule has 0 unspecified atom stereocenters. The maximum Gasteiger partial charge on any atom is 0.130 e. The Morgan fingerprint density at radius 3 is 2.83 bits per heavy atom. The van der Waals surface area contributed by atoms with Crippen molar-refractivity contribution < 1.29 is 9.47 Å². The molecule has 3 nitrogen and oxygen atoms in total. The average molecular weight is 241 g/mol. The van der Waals surface area contributed by atoms with E-state index in [9.17, 15) is 0 Å². The number of aromatic nitrogens is 1. The first-order valence-corrected chi connectivity index (χ1v) is 5.66. The lowest BCUT2D eigenvalue weighted by Crippen LogP contribution is -1.98. The summed E-state index contributed by atoms with van der Waals surface area (Å²) >= 11 is 0. The molecule has 1 aromatic carbocycles. The lowest BCUT2D eigenvalue weighted by molar-refractivity contribution is 0.299. The minimum absolute atomic E-state index is 0.442. The Balaban J connectivity index is 2.08. The molecule has 0 saturated heterocycles. The van der Waals surface area contributed by atoms with Crippen molar-refractivity contribution in [3.63, 3.8) is 0 Å². The van der Waals surface area contributed by atoms with Crippen LogP contribution in [0.2, 0.25) is 0 Å². The van der Waals surface area contributed by atoms with E-state index in [0.29, 0.717) is 6.61 Å². The Labute approximate surface area is 107 Å². The molecule has 0 aliphatic carbocycles. The van der Waals surface area contributed by atoms with E-state index in [0.717, 1.165) is 22.8 Å². The van der Waals surface area contributed by atoms with Gasteiger partial charge in [0.25, 0.3) is 0 Å². The van der Waals surface area contributed by atoms with Crippen LogP contribution in [0.4, 0.5) is 0 Å². The molecule has 0 spiro atoms. The van der Waals surface area contributed by atoms with Crippen LogP contribution < -0.4 is 9.47 Å². The maximum atomic E-state index is 5.66. The third kappa shape index (κ3) is 2.88. The van der Waals surface area contributed by atoms with Crippen LogP contribution in [0.5, 0.6) is 11.5 Å². The Bertz CT molecular complexity index is 523. The van der Waals surface area contributed by atoms with Crippen molar-refractivity contribution in [2.24, 2.45) is 0 Å². The summed E-state index contributed by atoms with van der Waals surface area (Å²) in [6.07, 6.45) is 3.50. The van der Waals surface area contributed by atoms with E-state index in [1.54, 1.807) is 19.4 Å². The highest BCUT2D eigenvalue weighted by atomic mass is 16.5. The lowest BCUT2D eigenvalue weighted by Gasteiger charge is -2.09. The largest absolute Gasteiger partial charge is 0.496 e. The molecule has 0 aliphatic heterocycles. The predicted molar refractivity (Wildman–Crippen MR) is 71.7 cm³/mol. The summed E-state index contributed by atoms with van der Waals surface area (Å²) in [5, 5.41) is 0. The Hall–Kier alpha value is -2.29. The molecule has 1 heterocycles. The topological polar surface area (TPSA) is 31.4 Å². The average Bonchev–Trinajstić information content (AvgIpc) is 2.45. The standard InChI is InChI=1S/C15H15NO2/c1-3-12-7-8-14(10-15(12)17-2)18-11-13-6-4-5-9-16-13/h3-10H,1,11H2,2H3. The van der Waals surface area contributed by atoms with Gasteiger partial charge in [0.2, 0.25) is 0 Å². The highest BCUT2D eigenvalue weighted by molar-refractivity contribution is 5.57. The van der Waals surface area contributed by atoms with Crippen LogP contribution in [0.15, 0.2) is 49.2 Å². The summed E-state index contributed by atoms with van der Waals surface area (Å²) in [4.78, 5) is 4.20. The molecule has 0 radical (unpaired) electrons. The highest BCUT2D eigenvalue weighted by Crippen LogP contribution is 2.25. The van der Waals surface area contributed by atoms with Crippen molar-refractivity contribution in [1.29, 1.82) is 0 Å². The van der Waals surface area contributed by atoms with Crippen LogP contribution in [-0.2, 0) is 6.61 Å². The Morgan fingerprint density at radius 2 is 2.17 bits per heavy atom. The molecule has 0 bridgehead atoms. The van der Waals surface area contributed by atoms with Crippen molar-refractivity contribution in [3.05, 3.63) is 60.4 Å².